The second-order valence-electron chi connectivity index (χ2n) is 6.58. The van der Waals surface area contributed by atoms with Gasteiger partial charge in [0.1, 0.15) is 5.75 Å². The van der Waals surface area contributed by atoms with Crippen molar-refractivity contribution < 1.29 is 43.9 Å². The maximum absolute atomic E-state index is 12.3. The molecule has 0 N–H and O–H groups in total. The van der Waals surface area contributed by atoms with Crippen molar-refractivity contribution in [3.05, 3.63) is 65.2 Å². The minimum atomic E-state index is -0.183. The first-order valence-electron chi connectivity index (χ1n) is 7.62. The number of hydrogen-bond donors (Lipinski definition) is 0. The first kappa shape index (κ1) is 20.6. The summed E-state index contributed by atoms with van der Waals surface area (Å²) in [6, 6.07) is 14.3. The molecule has 0 unspecified atom stereocenters. The molecule has 0 aliphatic carbocycles. The van der Waals surface area contributed by atoms with E-state index < -0.39 is 0 Å². The number of Topliss-reactive ketones (excluding diaryl/α,β-unsaturated/α-hetero) is 2. The molecule has 2 rings (SSSR count). The molecule has 120 valence electrons. The molecular weight excluding hydrogens is 311 g/mol. The second-order valence-corrected chi connectivity index (χ2v) is 6.58. The van der Waals surface area contributed by atoms with Gasteiger partial charge in [-0.3, -0.25) is 9.59 Å². The van der Waals surface area contributed by atoms with Crippen LogP contribution in [0, 0.1) is 0 Å². The Balaban J connectivity index is 0.00000288. The van der Waals surface area contributed by atoms with Gasteiger partial charge in [-0.2, -0.15) is 0 Å². The van der Waals surface area contributed by atoms with Crippen LogP contribution in [0.5, 0.6) is 5.75 Å². The van der Waals surface area contributed by atoms with Crippen LogP contribution in [-0.2, 0) is 5.41 Å². The predicted molar refractivity (Wildman–Crippen MR) is 91.4 cm³/mol. The second kappa shape index (κ2) is 8.61. The van der Waals surface area contributed by atoms with Crippen LogP contribution in [0.4, 0.5) is 0 Å². The molecule has 0 aliphatic heterocycles. The number of carbonyl (C=O) groups excluding carboxylic acids is 2. The molecule has 0 amide bonds. The van der Waals surface area contributed by atoms with Crippen molar-refractivity contribution in [2.45, 2.75) is 32.6 Å². The zero-order chi connectivity index (χ0) is 17.0. The van der Waals surface area contributed by atoms with Gasteiger partial charge in [-0.1, -0.05) is 45.0 Å². The molecule has 0 radical (unpaired) electrons. The molecule has 4 heteroatoms. The Bertz CT molecular complexity index is 695. The molecule has 0 fully saturated rings. The van der Waals surface area contributed by atoms with Gasteiger partial charge in [-0.15, -0.1) is 0 Å². The maximum Gasteiger partial charge on any atom is 1.00 e. The first-order valence-corrected chi connectivity index (χ1v) is 7.62. The first-order chi connectivity index (χ1) is 10.8. The largest absolute Gasteiger partial charge is 1.00 e. The molecular formula is C20H22NaO3+. The van der Waals surface area contributed by atoms with Crippen molar-refractivity contribution in [3.8, 4) is 5.75 Å². The van der Waals surface area contributed by atoms with Crippen LogP contribution in [0.1, 0.15) is 53.5 Å². The molecule has 3 nitrogen and oxygen atoms in total. The summed E-state index contributed by atoms with van der Waals surface area (Å²) in [6.07, 6.45) is -0.124. The Morgan fingerprint density at radius 3 is 1.62 bits per heavy atom. The SMILES string of the molecule is COc1ccc(C(=O)CC(=O)c2ccc(C(C)(C)C)cc2)cc1.[Na+]. The molecule has 2 aromatic carbocycles. The van der Waals surface area contributed by atoms with E-state index in [1.807, 2.05) is 12.1 Å². The van der Waals surface area contributed by atoms with E-state index in [1.165, 1.54) is 0 Å². The molecule has 0 spiro atoms. The van der Waals surface area contributed by atoms with Gasteiger partial charge in [-0.05, 0) is 35.2 Å². The van der Waals surface area contributed by atoms with Gasteiger partial charge < -0.3 is 4.74 Å². The van der Waals surface area contributed by atoms with Crippen molar-refractivity contribution >= 4 is 11.6 Å². The van der Waals surface area contributed by atoms with Crippen molar-refractivity contribution in [1.29, 1.82) is 0 Å². The molecule has 0 bridgehead atoms. The average Bonchev–Trinajstić information content (AvgIpc) is 2.54. The van der Waals surface area contributed by atoms with Gasteiger partial charge in [0.25, 0.3) is 0 Å². The van der Waals surface area contributed by atoms with Crippen LogP contribution in [0.15, 0.2) is 48.5 Å². The molecule has 0 saturated carbocycles. The topological polar surface area (TPSA) is 43.4 Å². The van der Waals surface area contributed by atoms with Gasteiger partial charge in [0.2, 0.25) is 0 Å². The van der Waals surface area contributed by atoms with Gasteiger partial charge in [0, 0.05) is 11.1 Å². The Kier molecular flexibility index (Phi) is 7.40. The quantitative estimate of drug-likeness (QED) is 0.473. The summed E-state index contributed by atoms with van der Waals surface area (Å²) in [5.74, 6) is 0.342. The third kappa shape index (κ3) is 5.30. The molecule has 0 aliphatic rings. The normalized spacial score (nSPS) is 10.7. The number of hydrogen-bond acceptors (Lipinski definition) is 3. The zero-order valence-corrected chi connectivity index (χ0v) is 17.1. The number of rotatable bonds is 5. The van der Waals surface area contributed by atoms with Crippen LogP contribution < -0.4 is 34.3 Å². The van der Waals surface area contributed by atoms with Gasteiger partial charge in [0.05, 0.1) is 13.5 Å². The van der Waals surface area contributed by atoms with E-state index in [0.717, 1.165) is 5.56 Å². The van der Waals surface area contributed by atoms with Gasteiger partial charge >= 0.3 is 29.6 Å². The van der Waals surface area contributed by atoms with E-state index in [2.05, 4.69) is 20.8 Å². The summed E-state index contributed by atoms with van der Waals surface area (Å²) < 4.78 is 5.06. The Morgan fingerprint density at radius 2 is 1.25 bits per heavy atom. The van der Waals surface area contributed by atoms with Crippen molar-refractivity contribution in [2.24, 2.45) is 0 Å². The summed E-state index contributed by atoms with van der Waals surface area (Å²) in [6.45, 7) is 6.37. The third-order valence-electron chi connectivity index (χ3n) is 3.81. The third-order valence-corrected chi connectivity index (χ3v) is 3.81. The summed E-state index contributed by atoms with van der Waals surface area (Å²) in [5, 5.41) is 0. The molecule has 0 aromatic heterocycles. The molecule has 2 aromatic rings. The number of carbonyl (C=O) groups is 2. The molecule has 0 atom stereocenters. The van der Waals surface area contributed by atoms with Crippen LogP contribution in [0.2, 0.25) is 0 Å². The summed E-state index contributed by atoms with van der Waals surface area (Å²) >= 11 is 0. The molecule has 0 heterocycles. The standard InChI is InChI=1S/C20H22O3.Na/c1-20(2,3)16-9-5-14(6-10-16)18(21)13-19(22)15-7-11-17(23-4)12-8-15;/h5-12H,13H2,1-4H3;/q;+1. The van der Waals surface area contributed by atoms with Crippen LogP contribution in [0.25, 0.3) is 0 Å². The van der Waals surface area contributed by atoms with Crippen LogP contribution in [-0.4, -0.2) is 18.7 Å². The van der Waals surface area contributed by atoms with Crippen molar-refractivity contribution in [2.75, 3.05) is 7.11 Å². The fourth-order valence-corrected chi connectivity index (χ4v) is 2.28. The Morgan fingerprint density at radius 1 is 0.833 bits per heavy atom. The summed E-state index contributed by atoms with van der Waals surface area (Å²) in [4.78, 5) is 24.5. The molecule has 0 saturated heterocycles. The van der Waals surface area contributed by atoms with Gasteiger partial charge in [-0.25, -0.2) is 0 Å². The van der Waals surface area contributed by atoms with E-state index in [1.54, 1.807) is 43.5 Å². The van der Waals surface area contributed by atoms with E-state index >= 15 is 0 Å². The maximum atomic E-state index is 12.3. The van der Waals surface area contributed by atoms with Crippen molar-refractivity contribution in [1.82, 2.24) is 0 Å². The number of benzene rings is 2. The Hall–Kier alpha value is -1.42. The number of ketones is 2. The van der Waals surface area contributed by atoms with Crippen molar-refractivity contribution in [3.63, 3.8) is 0 Å². The monoisotopic (exact) mass is 333 g/mol. The number of ether oxygens (including phenoxy) is 1. The predicted octanol–water partition coefficient (Wildman–Crippen LogP) is 1.45. The van der Waals surface area contributed by atoms with E-state index in [4.69, 9.17) is 4.74 Å². The van der Waals surface area contributed by atoms with E-state index in [9.17, 15) is 9.59 Å². The summed E-state index contributed by atoms with van der Waals surface area (Å²) in [7, 11) is 1.57. The summed E-state index contributed by atoms with van der Waals surface area (Å²) in [5.41, 5.74) is 2.29. The Labute approximate surface area is 165 Å². The fraction of sp³-hybridized carbons (Fsp3) is 0.300. The number of methoxy groups -OCH3 is 1. The van der Waals surface area contributed by atoms with Gasteiger partial charge in [0.15, 0.2) is 11.6 Å². The van der Waals surface area contributed by atoms with Crippen LogP contribution in [0.3, 0.4) is 0 Å². The van der Waals surface area contributed by atoms with Crippen LogP contribution >= 0.6 is 0 Å². The van der Waals surface area contributed by atoms with E-state index in [0.29, 0.717) is 16.9 Å². The minimum absolute atomic E-state index is 0. The minimum Gasteiger partial charge on any atom is -0.497 e. The van der Waals surface area contributed by atoms with E-state index in [-0.39, 0.29) is 53.0 Å². The molecule has 24 heavy (non-hydrogen) atoms. The smallest absolute Gasteiger partial charge is 0.497 e. The zero-order valence-electron chi connectivity index (χ0n) is 15.1. The fourth-order valence-electron chi connectivity index (χ4n) is 2.28. The average molecular weight is 333 g/mol.